The Hall–Kier alpha value is -2.06. The highest BCUT2D eigenvalue weighted by molar-refractivity contribution is 9.10. The molecule has 0 aromatic heterocycles. The van der Waals surface area contributed by atoms with Crippen molar-refractivity contribution in [2.24, 2.45) is 0 Å². The number of halogens is 2. The second-order valence-electron chi connectivity index (χ2n) is 3.92. The Labute approximate surface area is 118 Å². The molecule has 0 heterocycles. The summed E-state index contributed by atoms with van der Waals surface area (Å²) >= 11 is 3.31. The van der Waals surface area contributed by atoms with E-state index >= 15 is 0 Å². The molecule has 3 nitrogen and oxygen atoms in total. The van der Waals surface area contributed by atoms with Crippen LogP contribution < -0.4 is 10.5 Å². The van der Waals surface area contributed by atoms with Gasteiger partial charge in [-0.3, -0.25) is 0 Å². The molecule has 2 N–H and O–H groups in total. The lowest BCUT2D eigenvalue weighted by molar-refractivity contribution is 0.305. The topological polar surface area (TPSA) is 59.0 Å². The van der Waals surface area contributed by atoms with E-state index in [4.69, 9.17) is 15.7 Å². The Morgan fingerprint density at radius 2 is 2.05 bits per heavy atom. The van der Waals surface area contributed by atoms with E-state index in [9.17, 15) is 4.39 Å². The van der Waals surface area contributed by atoms with Crippen LogP contribution in [0.25, 0.3) is 0 Å². The molecule has 0 fully saturated rings. The maximum Gasteiger partial charge on any atom is 0.123 e. The van der Waals surface area contributed by atoms with Gasteiger partial charge in [0.1, 0.15) is 18.2 Å². The zero-order chi connectivity index (χ0) is 13.8. The second-order valence-corrected chi connectivity index (χ2v) is 4.84. The van der Waals surface area contributed by atoms with Crippen molar-refractivity contribution < 1.29 is 9.13 Å². The molecule has 5 heteroatoms. The van der Waals surface area contributed by atoms with E-state index in [0.29, 0.717) is 22.6 Å². The van der Waals surface area contributed by atoms with Crippen LogP contribution in [0, 0.1) is 17.1 Å². The highest BCUT2D eigenvalue weighted by Crippen LogP contribution is 2.24. The number of ether oxygens (including phenoxy) is 1. The number of anilines is 1. The largest absolute Gasteiger partial charge is 0.489 e. The first-order valence-corrected chi connectivity index (χ1v) is 6.25. The van der Waals surface area contributed by atoms with Gasteiger partial charge in [0.2, 0.25) is 0 Å². The first-order chi connectivity index (χ1) is 9.08. The van der Waals surface area contributed by atoms with Gasteiger partial charge in [-0.25, -0.2) is 4.39 Å². The maximum atomic E-state index is 13.1. The van der Waals surface area contributed by atoms with Gasteiger partial charge in [-0.05, 0) is 30.3 Å². The van der Waals surface area contributed by atoms with Gasteiger partial charge in [0.05, 0.1) is 11.6 Å². The van der Waals surface area contributed by atoms with Gasteiger partial charge in [0.25, 0.3) is 0 Å². The van der Waals surface area contributed by atoms with Gasteiger partial charge < -0.3 is 10.5 Å². The molecular formula is C14H10BrFN2O. The summed E-state index contributed by atoms with van der Waals surface area (Å²) in [6, 6.07) is 11.1. The Kier molecular flexibility index (Phi) is 4.03. The fourth-order valence-electron chi connectivity index (χ4n) is 1.62. The fourth-order valence-corrected chi connectivity index (χ4v) is 2.11. The normalized spacial score (nSPS) is 9.95. The van der Waals surface area contributed by atoms with Crippen LogP contribution in [-0.2, 0) is 6.61 Å². The third kappa shape index (κ3) is 3.46. The molecule has 19 heavy (non-hydrogen) atoms. The number of nitrogens with two attached hydrogens (primary N) is 1. The summed E-state index contributed by atoms with van der Waals surface area (Å²) in [5, 5.41) is 8.94. The van der Waals surface area contributed by atoms with E-state index in [0.717, 1.165) is 4.47 Å². The molecule has 2 aromatic rings. The maximum absolute atomic E-state index is 13.1. The first-order valence-electron chi connectivity index (χ1n) is 5.46. The summed E-state index contributed by atoms with van der Waals surface area (Å²) in [5.74, 6) is 0.159. The van der Waals surface area contributed by atoms with Crippen LogP contribution in [0.3, 0.4) is 0 Å². The van der Waals surface area contributed by atoms with E-state index in [1.165, 1.54) is 18.2 Å². The average molecular weight is 321 g/mol. The summed E-state index contributed by atoms with van der Waals surface area (Å²) in [4.78, 5) is 0. The van der Waals surface area contributed by atoms with Crippen molar-refractivity contribution in [3.63, 3.8) is 0 Å². The Balaban J connectivity index is 2.19. The predicted octanol–water partition coefficient (Wildman–Crippen LogP) is 3.62. The Morgan fingerprint density at radius 3 is 2.74 bits per heavy atom. The third-order valence-corrected chi connectivity index (χ3v) is 2.93. The lowest BCUT2D eigenvalue weighted by Gasteiger charge is -2.09. The van der Waals surface area contributed by atoms with Crippen molar-refractivity contribution in [2.45, 2.75) is 6.61 Å². The van der Waals surface area contributed by atoms with Crippen molar-refractivity contribution in [3.05, 3.63) is 57.8 Å². The van der Waals surface area contributed by atoms with Gasteiger partial charge in [-0.1, -0.05) is 15.9 Å². The molecule has 0 radical (unpaired) electrons. The highest BCUT2D eigenvalue weighted by Gasteiger charge is 2.05. The Morgan fingerprint density at radius 1 is 1.26 bits per heavy atom. The molecular weight excluding hydrogens is 311 g/mol. The van der Waals surface area contributed by atoms with E-state index < -0.39 is 5.82 Å². The van der Waals surface area contributed by atoms with Crippen LogP contribution in [0.1, 0.15) is 11.1 Å². The molecule has 0 aliphatic heterocycles. The van der Waals surface area contributed by atoms with Crippen molar-refractivity contribution in [2.75, 3.05) is 5.73 Å². The molecule has 0 aliphatic rings. The summed E-state index contributed by atoms with van der Waals surface area (Å²) < 4.78 is 19.5. The zero-order valence-corrected chi connectivity index (χ0v) is 11.4. The molecule has 2 rings (SSSR count). The molecule has 2 aromatic carbocycles. The van der Waals surface area contributed by atoms with Crippen molar-refractivity contribution >= 4 is 21.6 Å². The minimum Gasteiger partial charge on any atom is -0.489 e. The molecule has 0 saturated carbocycles. The average Bonchev–Trinajstić information content (AvgIpc) is 2.35. The molecule has 0 unspecified atom stereocenters. The van der Waals surface area contributed by atoms with Gasteiger partial charge >= 0.3 is 0 Å². The van der Waals surface area contributed by atoms with Gasteiger partial charge in [0.15, 0.2) is 0 Å². The second kappa shape index (κ2) is 5.72. The number of nitriles is 1. The van der Waals surface area contributed by atoms with Crippen LogP contribution >= 0.6 is 15.9 Å². The smallest absolute Gasteiger partial charge is 0.123 e. The summed E-state index contributed by atoms with van der Waals surface area (Å²) in [5.41, 5.74) is 7.14. The first kappa shape index (κ1) is 13.4. The monoisotopic (exact) mass is 320 g/mol. The van der Waals surface area contributed by atoms with Crippen molar-refractivity contribution in [1.29, 1.82) is 5.26 Å². The molecule has 0 saturated heterocycles. The van der Waals surface area contributed by atoms with Crippen LogP contribution in [0.4, 0.5) is 10.1 Å². The summed E-state index contributed by atoms with van der Waals surface area (Å²) in [7, 11) is 0. The van der Waals surface area contributed by atoms with Crippen LogP contribution in [0.15, 0.2) is 40.9 Å². The van der Waals surface area contributed by atoms with E-state index in [-0.39, 0.29) is 6.61 Å². The lowest BCUT2D eigenvalue weighted by atomic mass is 10.1. The fraction of sp³-hybridized carbons (Fsp3) is 0.0714. The summed E-state index contributed by atoms with van der Waals surface area (Å²) in [6.45, 7) is 0.108. The van der Waals surface area contributed by atoms with Gasteiger partial charge in [-0.2, -0.15) is 5.26 Å². The highest BCUT2D eigenvalue weighted by atomic mass is 79.9. The molecule has 0 bridgehead atoms. The van der Waals surface area contributed by atoms with Gasteiger partial charge in [-0.15, -0.1) is 0 Å². The minimum atomic E-state index is -0.397. The molecule has 0 amide bonds. The van der Waals surface area contributed by atoms with Crippen molar-refractivity contribution in [3.8, 4) is 11.8 Å². The van der Waals surface area contributed by atoms with Crippen LogP contribution in [0.2, 0.25) is 0 Å². The molecule has 0 aliphatic carbocycles. The van der Waals surface area contributed by atoms with E-state index in [2.05, 4.69) is 15.9 Å². The van der Waals surface area contributed by atoms with Crippen LogP contribution in [-0.4, -0.2) is 0 Å². The SMILES string of the molecule is N#Cc1ccc(F)cc1COc1cc(N)cc(Br)c1. The summed E-state index contributed by atoms with van der Waals surface area (Å²) in [6.07, 6.45) is 0. The lowest BCUT2D eigenvalue weighted by Crippen LogP contribution is -2.00. The minimum absolute atomic E-state index is 0.108. The number of hydrogen-bond acceptors (Lipinski definition) is 3. The number of rotatable bonds is 3. The molecule has 0 spiro atoms. The predicted molar refractivity (Wildman–Crippen MR) is 74.0 cm³/mol. The third-order valence-electron chi connectivity index (χ3n) is 2.48. The molecule has 0 atom stereocenters. The van der Waals surface area contributed by atoms with Gasteiger partial charge in [0, 0.05) is 21.8 Å². The van der Waals surface area contributed by atoms with E-state index in [1.807, 2.05) is 6.07 Å². The van der Waals surface area contributed by atoms with Crippen LogP contribution in [0.5, 0.6) is 5.75 Å². The number of benzene rings is 2. The Bertz CT molecular complexity index is 632. The zero-order valence-electron chi connectivity index (χ0n) is 9.86. The standard InChI is InChI=1S/C14H10BrFN2O/c15-11-4-13(18)6-14(5-11)19-8-10-3-12(16)2-1-9(10)7-17/h1-6H,8,18H2. The molecule has 96 valence electrons. The quantitative estimate of drug-likeness (QED) is 0.879. The van der Waals surface area contributed by atoms with Crippen molar-refractivity contribution in [1.82, 2.24) is 0 Å². The number of nitrogen functional groups attached to an aromatic ring is 1. The number of nitrogens with zero attached hydrogens (tertiary/aromatic N) is 1. The van der Waals surface area contributed by atoms with E-state index in [1.54, 1.807) is 18.2 Å². The number of hydrogen-bond donors (Lipinski definition) is 1.